The number of hydrazine groups is 1. The van der Waals surface area contributed by atoms with Crippen molar-refractivity contribution in [2.24, 2.45) is 0 Å². The number of nitrogens with one attached hydrogen (secondary N) is 2. The molecule has 0 amide bonds. The molecule has 1 aromatic rings. The van der Waals surface area contributed by atoms with E-state index in [4.69, 9.17) is 0 Å². The lowest BCUT2D eigenvalue weighted by molar-refractivity contribution is 1.22. The van der Waals surface area contributed by atoms with Gasteiger partial charge in [0.1, 0.15) is 0 Å². The van der Waals surface area contributed by atoms with E-state index < -0.39 is 0 Å². The van der Waals surface area contributed by atoms with Gasteiger partial charge in [0.25, 0.3) is 7.41 Å². The van der Waals surface area contributed by atoms with Gasteiger partial charge in [0.2, 0.25) is 0 Å². The monoisotopic (exact) mass is 117 g/mol. The van der Waals surface area contributed by atoms with E-state index in [-0.39, 0.29) is 0 Å². The Bertz CT molecular complexity index is 201. The molecular formula is C6H6BN2. The van der Waals surface area contributed by atoms with Gasteiger partial charge in [-0.05, 0) is 11.5 Å². The quantitative estimate of drug-likeness (QED) is 0.462. The molecule has 0 fully saturated rings. The highest BCUT2D eigenvalue weighted by Crippen LogP contribution is 2.02. The van der Waals surface area contributed by atoms with E-state index in [1.807, 2.05) is 25.6 Å². The third kappa shape index (κ3) is 0.696. The molecule has 0 aromatic heterocycles. The van der Waals surface area contributed by atoms with Crippen LogP contribution in [0.2, 0.25) is 0 Å². The molecule has 9 heavy (non-hydrogen) atoms. The molecule has 1 aliphatic heterocycles. The molecule has 0 unspecified atom stereocenters. The summed E-state index contributed by atoms with van der Waals surface area (Å²) in [5, 5.41) is 2.91. The number of para-hydroxylation sites is 1. The minimum atomic E-state index is 1.15. The molecule has 0 saturated heterocycles. The van der Waals surface area contributed by atoms with Gasteiger partial charge < -0.3 is 5.43 Å². The maximum Gasteiger partial charge on any atom is 0.271 e. The van der Waals surface area contributed by atoms with Crippen LogP contribution in [0.4, 0.5) is 5.69 Å². The zero-order valence-electron chi connectivity index (χ0n) is 4.89. The number of hydrogen-bond acceptors (Lipinski definition) is 2. The zero-order valence-corrected chi connectivity index (χ0v) is 4.89. The molecule has 1 aliphatic rings. The second kappa shape index (κ2) is 1.77. The summed E-state index contributed by atoms with van der Waals surface area (Å²) < 4.78 is 0. The van der Waals surface area contributed by atoms with Gasteiger partial charge in [0.05, 0.1) is 0 Å². The van der Waals surface area contributed by atoms with Crippen LogP contribution < -0.4 is 16.2 Å². The average Bonchev–Trinajstić information content (AvgIpc) is 2.33. The normalized spacial score (nSPS) is 13.8. The largest absolute Gasteiger partial charge is 0.333 e. The highest BCUT2D eigenvalue weighted by molar-refractivity contribution is 6.55. The second-order valence-corrected chi connectivity index (χ2v) is 2.00. The van der Waals surface area contributed by atoms with Gasteiger partial charge in [-0.3, -0.25) is 5.34 Å². The molecular weight excluding hydrogens is 111 g/mol. The lowest BCUT2D eigenvalue weighted by Crippen LogP contribution is -2.21. The Morgan fingerprint density at radius 2 is 2.11 bits per heavy atom. The highest BCUT2D eigenvalue weighted by Gasteiger charge is 2.07. The van der Waals surface area contributed by atoms with Gasteiger partial charge in [-0.1, -0.05) is 18.2 Å². The van der Waals surface area contributed by atoms with Crippen molar-refractivity contribution in [3.05, 3.63) is 24.3 Å². The summed E-state index contributed by atoms with van der Waals surface area (Å²) >= 11 is 0. The maximum absolute atomic E-state index is 2.99. The summed E-state index contributed by atoms with van der Waals surface area (Å²) in [6, 6.07) is 8.12. The van der Waals surface area contributed by atoms with Crippen molar-refractivity contribution in [1.29, 1.82) is 0 Å². The van der Waals surface area contributed by atoms with E-state index in [1.54, 1.807) is 0 Å². The van der Waals surface area contributed by atoms with Crippen molar-refractivity contribution in [1.82, 2.24) is 5.34 Å². The number of rotatable bonds is 0. The SMILES string of the molecule is [B]1NNc2ccccc21. The molecule has 43 valence electrons. The molecule has 2 nitrogen and oxygen atoms in total. The Morgan fingerprint density at radius 3 is 3.00 bits per heavy atom. The molecule has 1 aromatic carbocycles. The van der Waals surface area contributed by atoms with Crippen molar-refractivity contribution in [2.75, 3.05) is 5.43 Å². The number of fused-ring (bicyclic) bond motifs is 1. The van der Waals surface area contributed by atoms with Crippen LogP contribution in [0.3, 0.4) is 0 Å². The Kier molecular flexibility index (Phi) is 0.962. The van der Waals surface area contributed by atoms with Gasteiger partial charge in [-0.25, -0.2) is 0 Å². The molecule has 1 radical (unpaired) electrons. The van der Waals surface area contributed by atoms with E-state index in [0.717, 1.165) is 5.69 Å². The zero-order chi connectivity index (χ0) is 6.10. The van der Waals surface area contributed by atoms with E-state index >= 15 is 0 Å². The summed E-state index contributed by atoms with van der Waals surface area (Å²) in [5.41, 5.74) is 5.36. The molecule has 3 heteroatoms. The fourth-order valence-corrected chi connectivity index (χ4v) is 0.928. The Balaban J connectivity index is 2.54. The highest BCUT2D eigenvalue weighted by atomic mass is 15.3. The van der Waals surface area contributed by atoms with Crippen LogP contribution in [0, 0.1) is 0 Å². The Hall–Kier alpha value is -0.955. The van der Waals surface area contributed by atoms with Crippen molar-refractivity contribution >= 4 is 18.6 Å². The van der Waals surface area contributed by atoms with Crippen molar-refractivity contribution in [3.8, 4) is 0 Å². The first kappa shape index (κ1) is 4.88. The lowest BCUT2D eigenvalue weighted by atomic mass is 9.85. The van der Waals surface area contributed by atoms with E-state index in [9.17, 15) is 0 Å². The van der Waals surface area contributed by atoms with E-state index in [2.05, 4.69) is 16.8 Å². The van der Waals surface area contributed by atoms with Crippen molar-refractivity contribution in [3.63, 3.8) is 0 Å². The topological polar surface area (TPSA) is 24.1 Å². The summed E-state index contributed by atoms with van der Waals surface area (Å²) in [7, 11) is 1.94. The molecule has 1 heterocycles. The molecule has 0 atom stereocenters. The third-order valence-corrected chi connectivity index (χ3v) is 1.40. The first-order valence-corrected chi connectivity index (χ1v) is 2.90. The Morgan fingerprint density at radius 1 is 1.22 bits per heavy atom. The van der Waals surface area contributed by atoms with Crippen LogP contribution >= 0.6 is 0 Å². The summed E-state index contributed by atoms with van der Waals surface area (Å²) in [6.45, 7) is 0. The van der Waals surface area contributed by atoms with Gasteiger partial charge >= 0.3 is 0 Å². The summed E-state index contributed by atoms with van der Waals surface area (Å²) in [4.78, 5) is 0. The predicted octanol–water partition coefficient (Wildman–Crippen LogP) is -0.139. The first-order valence-electron chi connectivity index (χ1n) is 2.90. The number of anilines is 1. The smallest absolute Gasteiger partial charge is 0.271 e. The Labute approximate surface area is 54.5 Å². The van der Waals surface area contributed by atoms with Crippen LogP contribution in [0.1, 0.15) is 0 Å². The fraction of sp³-hybridized carbons (Fsp3) is 0. The molecule has 0 saturated carbocycles. The average molecular weight is 117 g/mol. The van der Waals surface area contributed by atoms with Gasteiger partial charge in [0.15, 0.2) is 0 Å². The van der Waals surface area contributed by atoms with Crippen molar-refractivity contribution < 1.29 is 0 Å². The van der Waals surface area contributed by atoms with Crippen molar-refractivity contribution in [2.45, 2.75) is 0 Å². The van der Waals surface area contributed by atoms with Crippen LogP contribution in [0.15, 0.2) is 24.3 Å². The second-order valence-electron chi connectivity index (χ2n) is 2.00. The standard InChI is InChI=1S/C6H6BN2/c1-2-4-6-5(3-1)7-9-8-6/h1-4,8-9H. The molecule has 0 aliphatic carbocycles. The summed E-state index contributed by atoms with van der Waals surface area (Å²) in [5.74, 6) is 0. The third-order valence-electron chi connectivity index (χ3n) is 1.40. The summed E-state index contributed by atoms with van der Waals surface area (Å²) in [6.07, 6.45) is 0. The van der Waals surface area contributed by atoms with E-state index in [1.165, 1.54) is 5.46 Å². The number of benzene rings is 1. The molecule has 2 N–H and O–H groups in total. The van der Waals surface area contributed by atoms with Gasteiger partial charge in [-0.2, -0.15) is 0 Å². The van der Waals surface area contributed by atoms with Crippen LogP contribution in [-0.2, 0) is 0 Å². The molecule has 0 bridgehead atoms. The minimum Gasteiger partial charge on any atom is -0.333 e. The van der Waals surface area contributed by atoms with Gasteiger partial charge in [0, 0.05) is 5.69 Å². The molecule has 0 spiro atoms. The minimum absolute atomic E-state index is 1.15. The number of hydrogen-bond donors (Lipinski definition) is 2. The van der Waals surface area contributed by atoms with Crippen LogP contribution in [-0.4, -0.2) is 7.41 Å². The van der Waals surface area contributed by atoms with Crippen LogP contribution in [0.5, 0.6) is 0 Å². The fourth-order valence-electron chi connectivity index (χ4n) is 0.928. The molecule has 2 rings (SSSR count). The first-order chi connectivity index (χ1) is 4.47. The lowest BCUT2D eigenvalue weighted by Gasteiger charge is -1.94. The van der Waals surface area contributed by atoms with Gasteiger partial charge in [-0.15, -0.1) is 0 Å². The van der Waals surface area contributed by atoms with E-state index in [0.29, 0.717) is 0 Å². The maximum atomic E-state index is 2.99. The van der Waals surface area contributed by atoms with Crippen LogP contribution in [0.25, 0.3) is 0 Å². The predicted molar refractivity (Wildman–Crippen MR) is 38.6 cm³/mol.